The molecular weight excluding hydrogens is 416 g/mol. The van der Waals surface area contributed by atoms with Gasteiger partial charge in [-0.2, -0.15) is 4.98 Å². The van der Waals surface area contributed by atoms with Crippen LogP contribution in [0.4, 0.5) is 11.8 Å². The summed E-state index contributed by atoms with van der Waals surface area (Å²) in [5.74, 6) is 2.38. The van der Waals surface area contributed by atoms with Crippen LogP contribution >= 0.6 is 11.3 Å². The molecule has 4 N–H and O–H groups in total. The number of aromatic nitrogens is 2. The highest BCUT2D eigenvalue weighted by atomic mass is 32.2. The van der Waals surface area contributed by atoms with Gasteiger partial charge in [0.05, 0.1) is 23.4 Å². The molecule has 4 heterocycles. The molecule has 1 fully saturated rings. The van der Waals surface area contributed by atoms with E-state index >= 15 is 0 Å². The van der Waals surface area contributed by atoms with Crippen LogP contribution in [0.3, 0.4) is 0 Å². The molecule has 1 atom stereocenters. The van der Waals surface area contributed by atoms with Gasteiger partial charge in [-0.15, -0.1) is 11.3 Å². The Labute approximate surface area is 182 Å². The van der Waals surface area contributed by atoms with Gasteiger partial charge in [0.25, 0.3) is 0 Å². The van der Waals surface area contributed by atoms with Gasteiger partial charge >= 0.3 is 0 Å². The lowest BCUT2D eigenvalue weighted by atomic mass is 9.86. The molecule has 0 radical (unpaired) electrons. The summed E-state index contributed by atoms with van der Waals surface area (Å²) in [6, 6.07) is 10.4. The molecule has 7 nitrogen and oxygen atoms in total. The second-order valence-corrected chi connectivity index (χ2v) is 11.0. The molecule has 9 heteroatoms. The minimum absolute atomic E-state index is 0.00908. The zero-order valence-corrected chi connectivity index (χ0v) is 18.6. The van der Waals surface area contributed by atoms with Crippen molar-refractivity contribution in [2.45, 2.75) is 18.4 Å². The van der Waals surface area contributed by atoms with E-state index in [4.69, 9.17) is 25.2 Å². The summed E-state index contributed by atoms with van der Waals surface area (Å²) in [5.41, 5.74) is 8.16. The fraction of sp³-hybridized carbons (Fsp3) is 0.429. The van der Waals surface area contributed by atoms with Gasteiger partial charge in [0.2, 0.25) is 5.95 Å². The van der Waals surface area contributed by atoms with Gasteiger partial charge in [-0.25, -0.2) is 4.98 Å². The smallest absolute Gasteiger partial charge is 0.228 e. The largest absolute Gasteiger partial charge is 0.380 e. The van der Waals surface area contributed by atoms with Crippen LogP contribution in [0.25, 0.3) is 10.2 Å². The van der Waals surface area contributed by atoms with Gasteiger partial charge in [-0.1, -0.05) is 28.9 Å². The number of aryl methyl sites for hydroxylation is 1. The van der Waals surface area contributed by atoms with Crippen LogP contribution in [0.5, 0.6) is 0 Å². The Morgan fingerprint density at radius 2 is 2.17 bits per heavy atom. The Hall–Kier alpha value is -2.07. The summed E-state index contributed by atoms with van der Waals surface area (Å²) in [7, 11) is -0.504. The van der Waals surface area contributed by atoms with Crippen molar-refractivity contribution >= 4 is 44.0 Å². The van der Waals surface area contributed by atoms with Crippen molar-refractivity contribution in [3.8, 4) is 0 Å². The zero-order valence-electron chi connectivity index (χ0n) is 17.0. The minimum Gasteiger partial charge on any atom is -0.380 e. The van der Waals surface area contributed by atoms with Crippen LogP contribution in [-0.2, 0) is 22.0 Å². The molecule has 158 valence electrons. The number of anilines is 2. The number of hydrogen-bond acceptors (Lipinski definition) is 8. The summed E-state index contributed by atoms with van der Waals surface area (Å²) in [4.78, 5) is 14.4. The molecule has 2 aromatic heterocycles. The number of nitrogens with zero attached hydrogens (tertiary/aromatic N) is 3. The third-order valence-electron chi connectivity index (χ3n) is 5.81. The monoisotopic (exact) mass is 442 g/mol. The molecule has 30 heavy (non-hydrogen) atoms. The van der Waals surface area contributed by atoms with Crippen LogP contribution < -0.4 is 16.0 Å². The van der Waals surface area contributed by atoms with Gasteiger partial charge in [0, 0.05) is 47.1 Å². The molecule has 1 saturated heterocycles. The van der Waals surface area contributed by atoms with E-state index in [-0.39, 0.29) is 5.41 Å². The van der Waals surface area contributed by atoms with Crippen molar-refractivity contribution in [1.82, 2.24) is 9.97 Å². The van der Waals surface area contributed by atoms with Crippen LogP contribution in [0, 0.1) is 17.1 Å². The van der Waals surface area contributed by atoms with Gasteiger partial charge < -0.3 is 20.7 Å². The maximum absolute atomic E-state index is 8.53. The quantitative estimate of drug-likeness (QED) is 0.561. The standard InChI is InChI=1S/C21H26N6OS2/c1-14-8-16-18(29-14)19(24-11-21(10-22)12-28-13-21)26-20(25-16)27-6-7-30(23)17-5-3-2-4-15(17)9-27/h2-5,8,23H,6-7,9-13,22H2,1H3,(H,24,25,26). The number of nitrogens with one attached hydrogen (secondary N) is 2. The first-order valence-corrected chi connectivity index (χ1v) is 12.3. The second-order valence-electron chi connectivity index (χ2n) is 8.12. The number of nitrogens with two attached hydrogens (primary N) is 1. The number of rotatable bonds is 5. The van der Waals surface area contributed by atoms with E-state index in [9.17, 15) is 0 Å². The van der Waals surface area contributed by atoms with E-state index in [0.717, 1.165) is 52.3 Å². The summed E-state index contributed by atoms with van der Waals surface area (Å²) < 4.78 is 15.0. The Balaban J connectivity index is 1.49. The summed E-state index contributed by atoms with van der Waals surface area (Å²) in [6.45, 7) is 6.32. The van der Waals surface area contributed by atoms with Crippen LogP contribution in [-0.4, -0.2) is 48.6 Å². The zero-order chi connectivity index (χ0) is 20.7. The van der Waals surface area contributed by atoms with Crippen LogP contribution in [0.15, 0.2) is 35.2 Å². The molecular formula is C21H26N6OS2. The van der Waals surface area contributed by atoms with Crippen LogP contribution in [0.2, 0.25) is 0 Å². The Kier molecular flexibility index (Phi) is 5.22. The molecule has 0 aliphatic carbocycles. The average molecular weight is 443 g/mol. The van der Waals surface area contributed by atoms with Crippen molar-refractivity contribution in [1.29, 1.82) is 4.78 Å². The van der Waals surface area contributed by atoms with E-state index in [1.807, 2.05) is 12.1 Å². The minimum atomic E-state index is -0.504. The molecule has 3 aromatic rings. The van der Waals surface area contributed by atoms with Crippen molar-refractivity contribution in [2.75, 3.05) is 48.8 Å². The number of benzene rings is 1. The van der Waals surface area contributed by atoms with Crippen molar-refractivity contribution in [3.63, 3.8) is 0 Å². The molecule has 0 amide bonds. The highest BCUT2D eigenvalue weighted by molar-refractivity contribution is 7.86. The number of hydrogen-bond donors (Lipinski definition) is 3. The maximum Gasteiger partial charge on any atom is 0.228 e. The summed E-state index contributed by atoms with van der Waals surface area (Å²) >= 11 is 1.71. The lowest BCUT2D eigenvalue weighted by Gasteiger charge is -2.40. The van der Waals surface area contributed by atoms with E-state index in [1.54, 1.807) is 11.3 Å². The van der Waals surface area contributed by atoms with E-state index in [2.05, 4.69) is 35.3 Å². The Morgan fingerprint density at radius 3 is 2.93 bits per heavy atom. The normalized spacial score (nSPS) is 20.5. The van der Waals surface area contributed by atoms with E-state index < -0.39 is 10.7 Å². The topological polar surface area (TPSA) is 100 Å². The SMILES string of the molecule is Cc1cc2nc(N3CCS(=N)c4ccccc4C3)nc(NCC3(CN)COC3)c2s1. The molecule has 0 bridgehead atoms. The van der Waals surface area contributed by atoms with Gasteiger partial charge in [-0.05, 0) is 24.6 Å². The lowest BCUT2D eigenvalue weighted by molar-refractivity contribution is -0.0979. The van der Waals surface area contributed by atoms with Crippen molar-refractivity contribution < 1.29 is 4.74 Å². The molecule has 2 aliphatic heterocycles. The highest BCUT2D eigenvalue weighted by Crippen LogP contribution is 2.34. The van der Waals surface area contributed by atoms with Crippen molar-refractivity contribution in [3.05, 3.63) is 40.8 Å². The van der Waals surface area contributed by atoms with Crippen molar-refractivity contribution in [2.24, 2.45) is 11.1 Å². The number of thiophene rings is 1. The summed E-state index contributed by atoms with van der Waals surface area (Å²) in [6.07, 6.45) is 0. The third-order valence-corrected chi connectivity index (χ3v) is 8.38. The average Bonchev–Trinajstić information content (AvgIpc) is 3.01. The first-order chi connectivity index (χ1) is 14.6. The van der Waals surface area contributed by atoms with Gasteiger partial charge in [0.15, 0.2) is 0 Å². The summed E-state index contributed by atoms with van der Waals surface area (Å²) in [5, 5.41) is 3.56. The van der Waals surface area contributed by atoms with E-state index in [0.29, 0.717) is 19.8 Å². The lowest BCUT2D eigenvalue weighted by Crippen LogP contribution is -2.52. The highest BCUT2D eigenvalue weighted by Gasteiger charge is 2.37. The Morgan fingerprint density at radius 1 is 1.33 bits per heavy atom. The second kappa shape index (κ2) is 7.88. The first kappa shape index (κ1) is 19.9. The third kappa shape index (κ3) is 3.60. The predicted octanol–water partition coefficient (Wildman–Crippen LogP) is 3.15. The molecule has 5 rings (SSSR count). The number of ether oxygens (including phenoxy) is 1. The molecule has 1 aromatic carbocycles. The van der Waals surface area contributed by atoms with Crippen LogP contribution in [0.1, 0.15) is 10.4 Å². The molecule has 0 saturated carbocycles. The maximum atomic E-state index is 8.53. The molecule has 0 spiro atoms. The predicted molar refractivity (Wildman–Crippen MR) is 124 cm³/mol. The Bertz CT molecular complexity index is 1100. The van der Waals surface area contributed by atoms with Gasteiger partial charge in [0.1, 0.15) is 5.82 Å². The van der Waals surface area contributed by atoms with E-state index in [1.165, 1.54) is 10.4 Å². The number of fused-ring (bicyclic) bond motifs is 2. The van der Waals surface area contributed by atoms with Gasteiger partial charge in [-0.3, -0.25) is 4.78 Å². The molecule has 2 aliphatic rings. The fourth-order valence-corrected chi connectivity index (χ4v) is 6.12. The molecule has 1 unspecified atom stereocenters. The first-order valence-electron chi connectivity index (χ1n) is 10.1. The fourth-order valence-electron chi connectivity index (χ4n) is 3.89.